The highest BCUT2D eigenvalue weighted by molar-refractivity contribution is 9.10. The average molecular weight is 355 g/mol. The van der Waals surface area contributed by atoms with Crippen LogP contribution in [0.15, 0.2) is 22.7 Å². The lowest BCUT2D eigenvalue weighted by Crippen LogP contribution is -2.43. The molecule has 0 spiro atoms. The SMILES string of the molecule is CCC1(C)NC(=O)N(Cc2ccc(C(=O)O)cc2Br)C1=O. The van der Waals surface area contributed by atoms with Gasteiger partial charge < -0.3 is 10.4 Å². The van der Waals surface area contributed by atoms with Gasteiger partial charge in [0.05, 0.1) is 12.1 Å². The smallest absolute Gasteiger partial charge is 0.335 e. The third-order valence-electron chi connectivity index (χ3n) is 3.68. The number of halogens is 1. The van der Waals surface area contributed by atoms with Gasteiger partial charge in [-0.1, -0.05) is 28.9 Å². The molecule has 1 heterocycles. The van der Waals surface area contributed by atoms with Crippen molar-refractivity contribution in [3.63, 3.8) is 0 Å². The van der Waals surface area contributed by atoms with Gasteiger partial charge in [-0.3, -0.25) is 9.69 Å². The molecule has 0 aliphatic carbocycles. The third kappa shape index (κ3) is 2.78. The first-order valence-electron chi connectivity index (χ1n) is 6.44. The van der Waals surface area contributed by atoms with Crippen molar-refractivity contribution in [1.29, 1.82) is 0 Å². The van der Waals surface area contributed by atoms with E-state index in [0.29, 0.717) is 16.5 Å². The molecule has 1 aliphatic rings. The Morgan fingerprint density at radius 2 is 2.10 bits per heavy atom. The Kier molecular flexibility index (Phi) is 4.04. The van der Waals surface area contributed by atoms with E-state index < -0.39 is 17.5 Å². The Bertz CT molecular complexity index is 631. The largest absolute Gasteiger partial charge is 0.478 e. The van der Waals surface area contributed by atoms with E-state index in [1.54, 1.807) is 13.0 Å². The van der Waals surface area contributed by atoms with E-state index in [1.807, 2.05) is 6.92 Å². The van der Waals surface area contributed by atoms with Crippen LogP contribution in [0.2, 0.25) is 0 Å². The molecule has 6 nitrogen and oxygen atoms in total. The monoisotopic (exact) mass is 354 g/mol. The van der Waals surface area contributed by atoms with Crippen LogP contribution >= 0.6 is 15.9 Å². The van der Waals surface area contributed by atoms with Crippen LogP contribution in [0.1, 0.15) is 36.2 Å². The third-order valence-corrected chi connectivity index (χ3v) is 4.42. The number of imide groups is 1. The van der Waals surface area contributed by atoms with Crippen molar-refractivity contribution in [3.05, 3.63) is 33.8 Å². The fraction of sp³-hybridized carbons (Fsp3) is 0.357. The summed E-state index contributed by atoms with van der Waals surface area (Å²) in [6, 6.07) is 4.06. The summed E-state index contributed by atoms with van der Waals surface area (Å²) in [6.45, 7) is 3.62. The molecule has 112 valence electrons. The van der Waals surface area contributed by atoms with Crippen molar-refractivity contribution >= 4 is 33.8 Å². The second kappa shape index (κ2) is 5.48. The predicted molar refractivity (Wildman–Crippen MR) is 78.9 cm³/mol. The summed E-state index contributed by atoms with van der Waals surface area (Å²) in [6.07, 6.45) is 0.507. The topological polar surface area (TPSA) is 86.7 Å². The second-order valence-electron chi connectivity index (χ2n) is 5.12. The highest BCUT2D eigenvalue weighted by atomic mass is 79.9. The number of carbonyl (C=O) groups is 3. The van der Waals surface area contributed by atoms with Gasteiger partial charge in [0.1, 0.15) is 5.54 Å². The van der Waals surface area contributed by atoms with Crippen molar-refractivity contribution in [3.8, 4) is 0 Å². The van der Waals surface area contributed by atoms with Gasteiger partial charge in [-0.25, -0.2) is 9.59 Å². The molecule has 1 fully saturated rings. The number of hydrogen-bond donors (Lipinski definition) is 2. The summed E-state index contributed by atoms with van der Waals surface area (Å²) in [4.78, 5) is 36.3. The summed E-state index contributed by atoms with van der Waals surface area (Å²) in [5.74, 6) is -1.31. The first kappa shape index (κ1) is 15.5. The van der Waals surface area contributed by atoms with Crippen LogP contribution in [-0.2, 0) is 11.3 Å². The highest BCUT2D eigenvalue weighted by Gasteiger charge is 2.46. The van der Waals surface area contributed by atoms with E-state index in [-0.39, 0.29) is 18.0 Å². The molecule has 1 atom stereocenters. The Labute approximate surface area is 130 Å². The standard InChI is InChI=1S/C14H15BrN2O4/c1-3-14(2)12(20)17(13(21)16-14)7-9-5-4-8(11(18)19)6-10(9)15/h4-6H,3,7H2,1-2H3,(H,16,21)(H,18,19). The summed E-state index contributed by atoms with van der Waals surface area (Å²) in [5, 5.41) is 11.6. The van der Waals surface area contributed by atoms with Gasteiger partial charge in [0, 0.05) is 4.47 Å². The maximum Gasteiger partial charge on any atom is 0.335 e. The van der Waals surface area contributed by atoms with Crippen LogP contribution < -0.4 is 5.32 Å². The van der Waals surface area contributed by atoms with E-state index in [9.17, 15) is 14.4 Å². The lowest BCUT2D eigenvalue weighted by atomic mass is 9.99. The number of hydrogen-bond acceptors (Lipinski definition) is 3. The summed E-state index contributed by atoms with van der Waals surface area (Å²) >= 11 is 3.28. The van der Waals surface area contributed by atoms with E-state index in [2.05, 4.69) is 21.2 Å². The van der Waals surface area contributed by atoms with Crippen molar-refractivity contribution < 1.29 is 19.5 Å². The van der Waals surface area contributed by atoms with Crippen molar-refractivity contribution in [1.82, 2.24) is 10.2 Å². The lowest BCUT2D eigenvalue weighted by Gasteiger charge is -2.19. The van der Waals surface area contributed by atoms with Gasteiger partial charge in [-0.05, 0) is 31.0 Å². The van der Waals surface area contributed by atoms with Gasteiger partial charge in [0.15, 0.2) is 0 Å². The fourth-order valence-corrected chi connectivity index (χ4v) is 2.61. The Hall–Kier alpha value is -1.89. The molecule has 1 aliphatic heterocycles. The first-order chi connectivity index (χ1) is 9.78. The number of nitrogens with zero attached hydrogens (tertiary/aromatic N) is 1. The van der Waals surface area contributed by atoms with Crippen molar-refractivity contribution in [2.45, 2.75) is 32.4 Å². The van der Waals surface area contributed by atoms with E-state index in [0.717, 1.165) is 4.90 Å². The Balaban J connectivity index is 2.25. The minimum Gasteiger partial charge on any atom is -0.478 e. The number of benzene rings is 1. The maximum atomic E-state index is 12.3. The van der Waals surface area contributed by atoms with E-state index in [1.165, 1.54) is 12.1 Å². The zero-order valence-corrected chi connectivity index (χ0v) is 13.2. The zero-order chi connectivity index (χ0) is 15.8. The minimum atomic E-state index is -1.03. The second-order valence-corrected chi connectivity index (χ2v) is 5.97. The quantitative estimate of drug-likeness (QED) is 0.812. The Morgan fingerprint density at radius 1 is 1.43 bits per heavy atom. The van der Waals surface area contributed by atoms with E-state index in [4.69, 9.17) is 5.11 Å². The molecule has 1 aromatic carbocycles. The van der Waals surface area contributed by atoms with Gasteiger partial charge in [-0.2, -0.15) is 0 Å². The highest BCUT2D eigenvalue weighted by Crippen LogP contribution is 2.26. The molecule has 0 aromatic heterocycles. The predicted octanol–water partition coefficient (Wildman–Crippen LogP) is 2.37. The molecule has 1 unspecified atom stereocenters. The number of carbonyl (C=O) groups excluding carboxylic acids is 2. The number of carboxylic acid groups (broad SMARTS) is 1. The van der Waals surface area contributed by atoms with Gasteiger partial charge in [0.25, 0.3) is 5.91 Å². The minimum absolute atomic E-state index is 0.0980. The number of carboxylic acids is 1. The van der Waals surface area contributed by atoms with Crippen LogP contribution in [0.4, 0.5) is 4.79 Å². The molecule has 21 heavy (non-hydrogen) atoms. The zero-order valence-electron chi connectivity index (χ0n) is 11.6. The van der Waals surface area contributed by atoms with Gasteiger partial charge >= 0.3 is 12.0 Å². The number of rotatable bonds is 4. The molecule has 2 rings (SSSR count). The molecule has 2 N–H and O–H groups in total. The normalized spacial score (nSPS) is 21.6. The molecular weight excluding hydrogens is 340 g/mol. The molecule has 1 aromatic rings. The number of amides is 3. The lowest BCUT2D eigenvalue weighted by molar-refractivity contribution is -0.131. The van der Waals surface area contributed by atoms with Crippen LogP contribution in [0, 0.1) is 0 Å². The molecule has 0 bridgehead atoms. The fourth-order valence-electron chi connectivity index (χ4n) is 2.11. The van der Waals surface area contributed by atoms with Crippen molar-refractivity contribution in [2.75, 3.05) is 0 Å². The van der Waals surface area contributed by atoms with Gasteiger partial charge in [-0.15, -0.1) is 0 Å². The maximum absolute atomic E-state index is 12.3. The average Bonchev–Trinajstić information content (AvgIpc) is 2.64. The van der Waals surface area contributed by atoms with Crippen molar-refractivity contribution in [2.24, 2.45) is 0 Å². The molecule has 7 heteroatoms. The summed E-state index contributed by atoms with van der Waals surface area (Å²) < 4.78 is 0.549. The van der Waals surface area contributed by atoms with Gasteiger partial charge in [0.2, 0.25) is 0 Å². The summed E-state index contributed by atoms with van der Waals surface area (Å²) in [5.41, 5.74) is -0.0602. The first-order valence-corrected chi connectivity index (χ1v) is 7.23. The van der Waals surface area contributed by atoms with E-state index >= 15 is 0 Å². The molecule has 3 amide bonds. The summed E-state index contributed by atoms with van der Waals surface area (Å²) in [7, 11) is 0. The van der Waals surface area contributed by atoms with Crippen LogP contribution in [0.3, 0.4) is 0 Å². The molecule has 0 radical (unpaired) electrons. The van der Waals surface area contributed by atoms with Crippen LogP contribution in [0.25, 0.3) is 0 Å². The molecule has 1 saturated heterocycles. The molecular formula is C14H15BrN2O4. The molecule has 0 saturated carbocycles. The number of urea groups is 1. The Morgan fingerprint density at radius 3 is 2.57 bits per heavy atom. The number of aromatic carboxylic acids is 1. The van der Waals surface area contributed by atoms with Crippen LogP contribution in [0.5, 0.6) is 0 Å². The number of nitrogens with one attached hydrogen (secondary N) is 1. The van der Waals surface area contributed by atoms with Crippen LogP contribution in [-0.4, -0.2) is 33.5 Å².